The molecule has 0 atom stereocenters. The summed E-state index contributed by atoms with van der Waals surface area (Å²) in [4.78, 5) is 14.0. The predicted molar refractivity (Wildman–Crippen MR) is 85.1 cm³/mol. The van der Waals surface area contributed by atoms with Crippen molar-refractivity contribution in [2.75, 3.05) is 18.0 Å². The Morgan fingerprint density at radius 2 is 1.90 bits per heavy atom. The van der Waals surface area contributed by atoms with Gasteiger partial charge in [-0.1, -0.05) is 35.3 Å². The fourth-order valence-electron chi connectivity index (χ4n) is 2.05. The summed E-state index contributed by atoms with van der Waals surface area (Å²) in [6, 6.07) is 11.1. The molecule has 2 aromatic rings. The van der Waals surface area contributed by atoms with Gasteiger partial charge in [-0.15, -0.1) is 0 Å². The topological polar surface area (TPSA) is 20.3 Å². The molecule has 0 heterocycles. The van der Waals surface area contributed by atoms with Crippen molar-refractivity contribution in [1.82, 2.24) is 0 Å². The van der Waals surface area contributed by atoms with E-state index in [0.29, 0.717) is 27.8 Å². The van der Waals surface area contributed by atoms with Gasteiger partial charge in [-0.2, -0.15) is 0 Å². The normalized spacial score (nSPS) is 10.5. The number of hydrogen-bond donors (Lipinski definition) is 0. The number of likely N-dealkylation sites (N-methyl/N-ethyl adjacent to an activating group) is 1. The number of ketones is 1. The molecule has 0 spiro atoms. The summed E-state index contributed by atoms with van der Waals surface area (Å²) >= 11 is 11.8. The lowest BCUT2D eigenvalue weighted by Crippen LogP contribution is -2.30. The van der Waals surface area contributed by atoms with Crippen LogP contribution in [-0.4, -0.2) is 18.9 Å². The fourth-order valence-corrected chi connectivity index (χ4v) is 2.56. The zero-order chi connectivity index (χ0) is 15.4. The van der Waals surface area contributed by atoms with Gasteiger partial charge in [-0.3, -0.25) is 4.79 Å². The Kier molecular flexibility index (Phi) is 5.21. The minimum absolute atomic E-state index is 0.0544. The first-order valence-electron chi connectivity index (χ1n) is 6.50. The molecule has 21 heavy (non-hydrogen) atoms. The molecule has 2 nitrogen and oxygen atoms in total. The predicted octanol–water partition coefficient (Wildman–Crippen LogP) is 4.84. The number of halogens is 3. The number of rotatable bonds is 5. The number of carbonyl (C=O) groups is 1. The van der Waals surface area contributed by atoms with E-state index >= 15 is 0 Å². The highest BCUT2D eigenvalue weighted by Crippen LogP contribution is 2.23. The third-order valence-electron chi connectivity index (χ3n) is 3.14. The molecule has 0 aliphatic rings. The summed E-state index contributed by atoms with van der Waals surface area (Å²) in [5.74, 6) is -0.531. The Hall–Kier alpha value is -1.58. The van der Waals surface area contributed by atoms with E-state index < -0.39 is 0 Å². The Morgan fingerprint density at radius 1 is 1.19 bits per heavy atom. The summed E-state index contributed by atoms with van der Waals surface area (Å²) in [6.07, 6.45) is 0. The van der Waals surface area contributed by atoms with Gasteiger partial charge in [0.2, 0.25) is 0 Å². The molecule has 0 unspecified atom stereocenters. The van der Waals surface area contributed by atoms with Gasteiger partial charge in [0.15, 0.2) is 5.78 Å². The molecule has 0 radical (unpaired) electrons. The molecule has 0 N–H and O–H groups in total. The second-order valence-corrected chi connectivity index (χ2v) is 5.36. The number of carbonyl (C=O) groups excluding carboxylic acids is 1. The van der Waals surface area contributed by atoms with Gasteiger partial charge in [0.25, 0.3) is 0 Å². The van der Waals surface area contributed by atoms with Crippen LogP contribution in [0.25, 0.3) is 0 Å². The van der Waals surface area contributed by atoms with Crippen LogP contribution in [0.2, 0.25) is 10.0 Å². The maximum absolute atomic E-state index is 13.8. The quantitative estimate of drug-likeness (QED) is 0.733. The van der Waals surface area contributed by atoms with E-state index in [1.165, 1.54) is 12.1 Å². The molecule has 0 fully saturated rings. The molecule has 0 saturated heterocycles. The Labute approximate surface area is 133 Å². The van der Waals surface area contributed by atoms with Crippen molar-refractivity contribution in [2.24, 2.45) is 0 Å². The van der Waals surface area contributed by atoms with Crippen molar-refractivity contribution in [3.8, 4) is 0 Å². The highest BCUT2D eigenvalue weighted by Gasteiger charge is 2.16. The number of benzene rings is 2. The highest BCUT2D eigenvalue weighted by molar-refractivity contribution is 6.36. The molecule has 2 rings (SSSR count). The molecular weight excluding hydrogens is 312 g/mol. The highest BCUT2D eigenvalue weighted by atomic mass is 35.5. The van der Waals surface area contributed by atoms with E-state index in [0.717, 1.165) is 0 Å². The second-order valence-electron chi connectivity index (χ2n) is 4.51. The van der Waals surface area contributed by atoms with E-state index in [2.05, 4.69) is 0 Å². The smallest absolute Gasteiger partial charge is 0.183 e. The summed E-state index contributed by atoms with van der Waals surface area (Å²) in [5, 5.41) is 0.773. The largest absolute Gasteiger partial charge is 0.362 e. The lowest BCUT2D eigenvalue weighted by atomic mass is 10.1. The van der Waals surface area contributed by atoms with Crippen LogP contribution in [0.1, 0.15) is 17.3 Å². The van der Waals surface area contributed by atoms with Gasteiger partial charge in [0, 0.05) is 17.1 Å². The standard InChI is InChI=1S/C16H14Cl2FNO/c1-2-20(15-6-4-3-5-14(15)19)10-16(21)12-8-7-11(17)9-13(12)18/h3-9H,2,10H2,1H3. The molecule has 5 heteroatoms. The first kappa shape index (κ1) is 15.8. The van der Waals surface area contributed by atoms with E-state index in [9.17, 15) is 9.18 Å². The van der Waals surface area contributed by atoms with E-state index in [1.54, 1.807) is 35.2 Å². The molecule has 0 saturated carbocycles. The monoisotopic (exact) mass is 325 g/mol. The Bertz CT molecular complexity index is 660. The van der Waals surface area contributed by atoms with Gasteiger partial charge >= 0.3 is 0 Å². The van der Waals surface area contributed by atoms with Gasteiger partial charge in [0.05, 0.1) is 17.3 Å². The zero-order valence-electron chi connectivity index (χ0n) is 11.4. The van der Waals surface area contributed by atoms with Crippen LogP contribution in [0.5, 0.6) is 0 Å². The maximum Gasteiger partial charge on any atom is 0.183 e. The zero-order valence-corrected chi connectivity index (χ0v) is 13.0. The summed E-state index contributed by atoms with van der Waals surface area (Å²) in [7, 11) is 0. The summed E-state index contributed by atoms with van der Waals surface area (Å²) in [6.45, 7) is 2.43. The molecular formula is C16H14Cl2FNO. The van der Waals surface area contributed by atoms with Crippen molar-refractivity contribution in [1.29, 1.82) is 0 Å². The average molecular weight is 326 g/mol. The van der Waals surface area contributed by atoms with Crippen LogP contribution in [0.3, 0.4) is 0 Å². The molecule has 0 aromatic heterocycles. The SMILES string of the molecule is CCN(CC(=O)c1ccc(Cl)cc1Cl)c1ccccc1F. The lowest BCUT2D eigenvalue weighted by Gasteiger charge is -2.23. The van der Waals surface area contributed by atoms with Crippen LogP contribution in [0.4, 0.5) is 10.1 Å². The minimum atomic E-state index is -0.352. The van der Waals surface area contributed by atoms with Crippen molar-refractivity contribution in [3.63, 3.8) is 0 Å². The van der Waals surface area contributed by atoms with Crippen LogP contribution < -0.4 is 4.90 Å². The first-order chi connectivity index (χ1) is 10.0. The van der Waals surface area contributed by atoms with E-state index in [-0.39, 0.29) is 18.1 Å². The second kappa shape index (κ2) is 6.92. The maximum atomic E-state index is 13.8. The number of anilines is 1. The third kappa shape index (κ3) is 3.74. The number of nitrogens with zero attached hydrogens (tertiary/aromatic N) is 1. The molecule has 0 aliphatic carbocycles. The van der Waals surface area contributed by atoms with Crippen LogP contribution in [0, 0.1) is 5.82 Å². The van der Waals surface area contributed by atoms with E-state index in [1.807, 2.05) is 6.92 Å². The summed E-state index contributed by atoms with van der Waals surface area (Å²) in [5.41, 5.74) is 0.786. The number of Topliss-reactive ketones (excluding diaryl/α,β-unsaturated/α-hetero) is 1. The minimum Gasteiger partial charge on any atom is -0.362 e. The van der Waals surface area contributed by atoms with E-state index in [4.69, 9.17) is 23.2 Å². The van der Waals surface area contributed by atoms with Crippen LogP contribution >= 0.6 is 23.2 Å². The number of para-hydroxylation sites is 1. The van der Waals surface area contributed by atoms with Crippen molar-refractivity contribution in [2.45, 2.75) is 6.92 Å². The average Bonchev–Trinajstić information content (AvgIpc) is 2.45. The van der Waals surface area contributed by atoms with Crippen LogP contribution in [0.15, 0.2) is 42.5 Å². The van der Waals surface area contributed by atoms with Crippen molar-refractivity contribution >= 4 is 34.7 Å². The summed E-state index contributed by atoms with van der Waals surface area (Å²) < 4.78 is 13.8. The third-order valence-corrected chi connectivity index (χ3v) is 3.69. The molecule has 0 aliphatic heterocycles. The fraction of sp³-hybridized carbons (Fsp3) is 0.188. The number of hydrogen-bond acceptors (Lipinski definition) is 2. The molecule has 0 amide bonds. The Balaban J connectivity index is 2.23. The van der Waals surface area contributed by atoms with Crippen molar-refractivity contribution in [3.05, 3.63) is 63.9 Å². The lowest BCUT2D eigenvalue weighted by molar-refractivity contribution is 0.0999. The van der Waals surface area contributed by atoms with Crippen molar-refractivity contribution < 1.29 is 9.18 Å². The first-order valence-corrected chi connectivity index (χ1v) is 7.26. The van der Waals surface area contributed by atoms with Gasteiger partial charge in [-0.25, -0.2) is 4.39 Å². The van der Waals surface area contributed by atoms with Crippen LogP contribution in [-0.2, 0) is 0 Å². The molecule has 2 aromatic carbocycles. The molecule has 110 valence electrons. The van der Waals surface area contributed by atoms with Gasteiger partial charge < -0.3 is 4.90 Å². The Morgan fingerprint density at radius 3 is 2.52 bits per heavy atom. The molecule has 0 bridgehead atoms. The van der Waals surface area contributed by atoms with Gasteiger partial charge in [0.1, 0.15) is 5.82 Å². The van der Waals surface area contributed by atoms with Gasteiger partial charge in [-0.05, 0) is 37.3 Å².